The lowest BCUT2D eigenvalue weighted by molar-refractivity contribution is 0.0636. The third-order valence-corrected chi connectivity index (χ3v) is 11.0. The van der Waals surface area contributed by atoms with E-state index < -0.39 is 23.5 Å². The SMILES string of the molecule is CC(C)(C)OC(=O)Nc1ccc(CCNc2nccc(C(C#N)c3nc4ccccc4s3)n2)cc1.N#CC(c1ccnc(NCc2ccncc2)n1)c1nc2ccccc2s1. The predicted molar refractivity (Wildman–Crippen MR) is 238 cm³/mol. The first-order chi connectivity index (χ1) is 29.6. The van der Waals surface area contributed by atoms with Crippen LogP contribution in [0.15, 0.2) is 122 Å². The van der Waals surface area contributed by atoms with Crippen LogP contribution in [0.5, 0.6) is 0 Å². The van der Waals surface area contributed by atoms with Gasteiger partial charge in [0.15, 0.2) is 0 Å². The molecule has 0 radical (unpaired) electrons. The van der Waals surface area contributed by atoms with Gasteiger partial charge in [0.1, 0.15) is 27.5 Å². The van der Waals surface area contributed by atoms with Crippen LogP contribution in [0.1, 0.15) is 65.1 Å². The minimum absolute atomic E-state index is 0.465. The fraction of sp³-hybridized carbons (Fsp3) is 0.200. The molecule has 8 aromatic rings. The first-order valence-electron chi connectivity index (χ1n) is 19.3. The van der Waals surface area contributed by atoms with Gasteiger partial charge in [-0.3, -0.25) is 10.3 Å². The number of benzene rings is 3. The van der Waals surface area contributed by atoms with Gasteiger partial charge in [-0.25, -0.2) is 34.7 Å². The van der Waals surface area contributed by atoms with Crippen LogP contribution in [0.3, 0.4) is 0 Å². The maximum Gasteiger partial charge on any atom is 0.412 e. The second kappa shape index (κ2) is 19.6. The van der Waals surface area contributed by atoms with Crippen LogP contribution < -0.4 is 16.0 Å². The number of nitriles is 2. The summed E-state index contributed by atoms with van der Waals surface area (Å²) in [6.07, 6.45) is 7.06. The molecular formula is C45H40N12O2S2. The number of hydrogen-bond acceptors (Lipinski definition) is 15. The zero-order valence-corrected chi connectivity index (χ0v) is 35.1. The van der Waals surface area contributed by atoms with Gasteiger partial charge in [-0.2, -0.15) is 10.5 Å². The molecule has 2 atom stereocenters. The molecule has 0 spiro atoms. The van der Waals surface area contributed by atoms with Crippen molar-refractivity contribution in [2.24, 2.45) is 0 Å². The van der Waals surface area contributed by atoms with Crippen molar-refractivity contribution in [3.63, 3.8) is 0 Å². The maximum atomic E-state index is 11.9. The van der Waals surface area contributed by atoms with Crippen molar-refractivity contribution in [1.29, 1.82) is 10.5 Å². The number of carbonyl (C=O) groups is 1. The monoisotopic (exact) mass is 844 g/mol. The molecule has 304 valence electrons. The second-order valence-corrected chi connectivity index (χ2v) is 16.6. The smallest absolute Gasteiger partial charge is 0.412 e. The fourth-order valence-corrected chi connectivity index (χ4v) is 7.99. The summed E-state index contributed by atoms with van der Waals surface area (Å²) < 4.78 is 7.37. The van der Waals surface area contributed by atoms with E-state index in [1.54, 1.807) is 36.9 Å². The van der Waals surface area contributed by atoms with E-state index in [1.807, 2.05) is 106 Å². The van der Waals surface area contributed by atoms with Crippen molar-refractivity contribution in [2.75, 3.05) is 22.5 Å². The number of hydrogen-bond donors (Lipinski definition) is 3. The van der Waals surface area contributed by atoms with Crippen LogP contribution in [-0.2, 0) is 17.7 Å². The molecule has 3 N–H and O–H groups in total. The number of ether oxygens (including phenoxy) is 1. The number of nitrogens with zero attached hydrogens (tertiary/aromatic N) is 9. The number of aromatic nitrogens is 7. The Hall–Kier alpha value is -7.40. The largest absolute Gasteiger partial charge is 0.444 e. The Bertz CT molecular complexity index is 2740. The zero-order valence-electron chi connectivity index (χ0n) is 33.5. The Morgan fingerprint density at radius 1 is 0.672 bits per heavy atom. The number of thiazole rings is 2. The van der Waals surface area contributed by atoms with Gasteiger partial charge in [0.2, 0.25) is 11.9 Å². The molecule has 5 heterocycles. The van der Waals surface area contributed by atoms with Crippen molar-refractivity contribution in [3.05, 3.63) is 154 Å². The average Bonchev–Trinajstić information content (AvgIpc) is 3.89. The highest BCUT2D eigenvalue weighted by Crippen LogP contribution is 2.32. The number of fused-ring (bicyclic) bond motifs is 2. The molecule has 5 aromatic heterocycles. The molecule has 16 heteroatoms. The highest BCUT2D eigenvalue weighted by molar-refractivity contribution is 7.19. The molecule has 14 nitrogen and oxygen atoms in total. The van der Waals surface area contributed by atoms with E-state index in [0.29, 0.717) is 42.1 Å². The molecule has 0 aliphatic carbocycles. The number of pyridine rings is 1. The minimum Gasteiger partial charge on any atom is -0.444 e. The quantitative estimate of drug-likeness (QED) is 0.105. The molecule has 1 amide bonds. The standard InChI is InChI=1S/C26H26N6O2S.C19H14N6S/c1-26(2,3)34-25(33)30-18-10-8-17(9-11-18)12-14-28-24-29-15-13-20(32-24)19(16-27)23-31-21-6-4-5-7-22(21)35-23;20-11-14(18-24-16-3-1-2-4-17(16)26-18)15-7-10-22-19(25-15)23-12-13-5-8-21-9-6-13/h4-11,13,15,19H,12,14H2,1-3H3,(H,30,33)(H,28,29,32);1-10,14H,12H2,(H,22,23,25). The molecule has 0 fully saturated rings. The fourth-order valence-electron chi connectivity index (χ4n) is 5.94. The van der Waals surface area contributed by atoms with E-state index >= 15 is 0 Å². The summed E-state index contributed by atoms with van der Waals surface area (Å²) in [5.41, 5.74) is 5.33. The predicted octanol–water partition coefficient (Wildman–Crippen LogP) is 9.49. The van der Waals surface area contributed by atoms with Gasteiger partial charge in [0.05, 0.1) is 44.0 Å². The first-order valence-corrected chi connectivity index (χ1v) is 20.9. The Morgan fingerprint density at radius 3 is 1.74 bits per heavy atom. The van der Waals surface area contributed by atoms with Gasteiger partial charge >= 0.3 is 6.09 Å². The summed E-state index contributed by atoms with van der Waals surface area (Å²) in [5.74, 6) is -0.120. The van der Waals surface area contributed by atoms with Crippen LogP contribution >= 0.6 is 22.7 Å². The van der Waals surface area contributed by atoms with E-state index in [4.69, 9.17) is 4.74 Å². The lowest BCUT2D eigenvalue weighted by atomic mass is 10.1. The van der Waals surface area contributed by atoms with Crippen LogP contribution in [-0.4, -0.2) is 53.1 Å². The van der Waals surface area contributed by atoms with Gasteiger partial charge in [-0.05, 0) is 99.0 Å². The van der Waals surface area contributed by atoms with E-state index in [0.717, 1.165) is 48.0 Å². The van der Waals surface area contributed by atoms with Crippen molar-refractivity contribution in [1.82, 2.24) is 34.9 Å². The summed E-state index contributed by atoms with van der Waals surface area (Å²) in [5, 5.41) is 30.1. The summed E-state index contributed by atoms with van der Waals surface area (Å²) in [4.78, 5) is 42.7. The third kappa shape index (κ3) is 11.4. The molecule has 0 aliphatic rings. The highest BCUT2D eigenvalue weighted by Gasteiger charge is 2.22. The average molecular weight is 845 g/mol. The van der Waals surface area contributed by atoms with E-state index in [9.17, 15) is 15.3 Å². The molecule has 8 rings (SSSR count). The number of carbonyl (C=O) groups excluding carboxylic acids is 1. The van der Waals surface area contributed by atoms with Gasteiger partial charge in [0.25, 0.3) is 0 Å². The van der Waals surface area contributed by atoms with Gasteiger partial charge in [-0.15, -0.1) is 22.7 Å². The van der Waals surface area contributed by atoms with E-state index in [2.05, 4.69) is 63.0 Å². The minimum atomic E-state index is -0.555. The van der Waals surface area contributed by atoms with Crippen molar-refractivity contribution in [2.45, 2.75) is 51.2 Å². The van der Waals surface area contributed by atoms with Crippen LogP contribution in [0.4, 0.5) is 22.4 Å². The Balaban J connectivity index is 0.000000192. The van der Waals surface area contributed by atoms with E-state index in [-0.39, 0.29) is 0 Å². The lowest BCUT2D eigenvalue weighted by Gasteiger charge is -2.19. The molecule has 2 unspecified atom stereocenters. The first kappa shape index (κ1) is 41.7. The zero-order chi connectivity index (χ0) is 42.6. The molecule has 3 aromatic carbocycles. The Kier molecular flexibility index (Phi) is 13.4. The van der Waals surface area contributed by atoms with Crippen molar-refractivity contribution in [3.8, 4) is 12.1 Å². The van der Waals surface area contributed by atoms with Crippen molar-refractivity contribution >= 4 is 66.8 Å². The van der Waals surface area contributed by atoms with Crippen molar-refractivity contribution < 1.29 is 9.53 Å². The third-order valence-electron chi connectivity index (χ3n) is 8.81. The topological polar surface area (TPSA) is 200 Å². The van der Waals surface area contributed by atoms with Crippen LogP contribution in [0.25, 0.3) is 20.4 Å². The van der Waals surface area contributed by atoms with Crippen LogP contribution in [0, 0.1) is 22.7 Å². The number of nitrogens with one attached hydrogen (secondary N) is 3. The van der Waals surface area contributed by atoms with Gasteiger partial charge in [0, 0.05) is 43.6 Å². The summed E-state index contributed by atoms with van der Waals surface area (Å²) in [6, 6.07) is 35.3. The summed E-state index contributed by atoms with van der Waals surface area (Å²) >= 11 is 3.02. The lowest BCUT2D eigenvalue weighted by Crippen LogP contribution is -2.27. The van der Waals surface area contributed by atoms with E-state index in [1.165, 1.54) is 22.7 Å². The molecule has 0 saturated heterocycles. The number of para-hydroxylation sites is 2. The molecular weight excluding hydrogens is 805 g/mol. The number of rotatable bonds is 12. The normalized spacial score (nSPS) is 12.0. The maximum absolute atomic E-state index is 11.9. The number of amides is 1. The summed E-state index contributed by atoms with van der Waals surface area (Å²) in [7, 11) is 0. The Labute approximate surface area is 360 Å². The van der Waals surface area contributed by atoms with Gasteiger partial charge < -0.3 is 15.4 Å². The molecule has 0 saturated carbocycles. The second-order valence-electron chi connectivity index (χ2n) is 14.5. The number of anilines is 3. The molecule has 61 heavy (non-hydrogen) atoms. The van der Waals surface area contributed by atoms with Gasteiger partial charge in [-0.1, -0.05) is 36.4 Å². The molecule has 0 bridgehead atoms. The summed E-state index contributed by atoms with van der Waals surface area (Å²) in [6.45, 7) is 6.67. The van der Waals surface area contributed by atoms with Crippen LogP contribution in [0.2, 0.25) is 0 Å². The Morgan fingerprint density at radius 2 is 1.21 bits per heavy atom. The molecule has 0 aliphatic heterocycles. The highest BCUT2D eigenvalue weighted by atomic mass is 32.1.